The van der Waals surface area contributed by atoms with Crippen LogP contribution in [0.3, 0.4) is 0 Å². The minimum absolute atomic E-state index is 0.0267. The van der Waals surface area contributed by atoms with Gasteiger partial charge in [-0.15, -0.1) is 0 Å². The van der Waals surface area contributed by atoms with Crippen LogP contribution in [0.5, 0.6) is 5.75 Å². The third-order valence-electron chi connectivity index (χ3n) is 6.56. The molecule has 1 N–H and O–H groups in total. The van der Waals surface area contributed by atoms with Crippen molar-refractivity contribution < 1.29 is 4.74 Å². The number of thiocarbonyl (C=S) groups is 1. The van der Waals surface area contributed by atoms with Gasteiger partial charge in [0.1, 0.15) is 5.75 Å². The van der Waals surface area contributed by atoms with Crippen LogP contribution in [-0.4, -0.2) is 26.7 Å². The Labute approximate surface area is 206 Å². The molecule has 0 radical (unpaired) electrons. The Balaban J connectivity index is 1.58. The number of pyridine rings is 1. The maximum Gasteiger partial charge on any atom is 0.170 e. The third kappa shape index (κ3) is 4.17. The fraction of sp³-hybridized carbons (Fsp3) is 0.214. The fourth-order valence-corrected chi connectivity index (χ4v) is 4.88. The number of nitrogens with zero attached hydrogens (tertiary/aromatic N) is 3. The van der Waals surface area contributed by atoms with Gasteiger partial charge in [0.25, 0.3) is 0 Å². The SMILES string of the molecule is COc1ccc(CN2C(=S)N[C@@H](c3ccccn3)[C@H]2c2cccn2-c2ccc(C)c(C)c2)cc1. The molecular weight excluding hydrogens is 440 g/mol. The normalized spacial score (nSPS) is 17.6. The molecule has 1 saturated heterocycles. The smallest absolute Gasteiger partial charge is 0.170 e. The lowest BCUT2D eigenvalue weighted by Crippen LogP contribution is -2.30. The third-order valence-corrected chi connectivity index (χ3v) is 6.91. The van der Waals surface area contributed by atoms with Crippen molar-refractivity contribution in [1.82, 2.24) is 19.8 Å². The van der Waals surface area contributed by atoms with Gasteiger partial charge in [-0.1, -0.05) is 24.3 Å². The Morgan fingerprint density at radius 1 is 0.971 bits per heavy atom. The van der Waals surface area contributed by atoms with Crippen molar-refractivity contribution in [3.8, 4) is 11.4 Å². The van der Waals surface area contributed by atoms with E-state index in [-0.39, 0.29) is 12.1 Å². The van der Waals surface area contributed by atoms with E-state index in [2.05, 4.69) is 88.3 Å². The van der Waals surface area contributed by atoms with Crippen molar-refractivity contribution in [3.63, 3.8) is 0 Å². The first-order valence-corrected chi connectivity index (χ1v) is 11.8. The monoisotopic (exact) mass is 468 g/mol. The number of nitrogens with one attached hydrogen (secondary N) is 1. The maximum atomic E-state index is 5.87. The first kappa shape index (κ1) is 22.2. The molecule has 6 heteroatoms. The van der Waals surface area contributed by atoms with Crippen molar-refractivity contribution in [2.75, 3.05) is 7.11 Å². The highest BCUT2D eigenvalue weighted by atomic mass is 32.1. The maximum absolute atomic E-state index is 5.87. The minimum atomic E-state index is -0.0628. The van der Waals surface area contributed by atoms with Gasteiger partial charge in [-0.25, -0.2) is 0 Å². The van der Waals surface area contributed by atoms with Gasteiger partial charge >= 0.3 is 0 Å². The molecule has 1 fully saturated rings. The van der Waals surface area contributed by atoms with Gasteiger partial charge in [-0.2, -0.15) is 0 Å². The summed E-state index contributed by atoms with van der Waals surface area (Å²) in [6.07, 6.45) is 3.97. The summed E-state index contributed by atoms with van der Waals surface area (Å²) in [6, 6.07) is 25.0. The van der Waals surface area contributed by atoms with E-state index in [9.17, 15) is 0 Å². The number of aryl methyl sites for hydroxylation is 2. The van der Waals surface area contributed by atoms with Crippen molar-refractivity contribution in [1.29, 1.82) is 0 Å². The average Bonchev–Trinajstić information content (AvgIpc) is 3.46. The molecule has 2 atom stereocenters. The molecule has 0 aliphatic carbocycles. The second kappa shape index (κ2) is 9.31. The predicted octanol–water partition coefficient (Wildman–Crippen LogP) is 5.67. The zero-order valence-corrected chi connectivity index (χ0v) is 20.4. The lowest BCUT2D eigenvalue weighted by molar-refractivity contribution is 0.302. The highest BCUT2D eigenvalue weighted by Gasteiger charge is 2.41. The molecule has 1 aliphatic rings. The summed E-state index contributed by atoms with van der Waals surface area (Å²) in [4.78, 5) is 6.94. The van der Waals surface area contributed by atoms with Crippen LogP contribution in [0.4, 0.5) is 0 Å². The number of hydrogen-bond acceptors (Lipinski definition) is 3. The average molecular weight is 469 g/mol. The lowest BCUT2D eigenvalue weighted by atomic mass is 10.0. The Bertz CT molecular complexity index is 1300. The van der Waals surface area contributed by atoms with Crippen molar-refractivity contribution in [2.45, 2.75) is 32.5 Å². The Kier molecular flexibility index (Phi) is 6.07. The van der Waals surface area contributed by atoms with Crippen LogP contribution in [0.15, 0.2) is 85.2 Å². The van der Waals surface area contributed by atoms with E-state index in [0.717, 1.165) is 22.2 Å². The fourth-order valence-electron chi connectivity index (χ4n) is 4.57. The van der Waals surface area contributed by atoms with Crippen molar-refractivity contribution >= 4 is 17.3 Å². The highest BCUT2D eigenvalue weighted by Crippen LogP contribution is 2.40. The van der Waals surface area contributed by atoms with Crippen molar-refractivity contribution in [3.05, 3.63) is 113 Å². The molecule has 4 aromatic rings. The molecule has 1 aliphatic heterocycles. The lowest BCUT2D eigenvalue weighted by Gasteiger charge is -2.29. The molecule has 34 heavy (non-hydrogen) atoms. The molecule has 2 aromatic heterocycles. The van der Waals surface area contributed by atoms with E-state index in [1.54, 1.807) is 7.11 Å². The van der Waals surface area contributed by atoms with E-state index in [4.69, 9.17) is 17.0 Å². The summed E-state index contributed by atoms with van der Waals surface area (Å²) in [5, 5.41) is 4.28. The summed E-state index contributed by atoms with van der Waals surface area (Å²) in [7, 11) is 1.68. The molecule has 0 saturated carbocycles. The van der Waals surface area contributed by atoms with Crippen LogP contribution in [0, 0.1) is 13.8 Å². The van der Waals surface area contributed by atoms with Gasteiger partial charge in [0.05, 0.1) is 24.9 Å². The number of rotatable bonds is 6. The second-order valence-corrected chi connectivity index (χ2v) is 9.06. The molecule has 5 rings (SSSR count). The molecular formula is C28H28N4OS. The number of benzene rings is 2. The zero-order chi connectivity index (χ0) is 23.7. The number of methoxy groups -OCH3 is 1. The minimum Gasteiger partial charge on any atom is -0.497 e. The van der Waals surface area contributed by atoms with Crippen molar-refractivity contribution in [2.24, 2.45) is 0 Å². The van der Waals surface area contributed by atoms with Crippen LogP contribution in [-0.2, 0) is 6.54 Å². The summed E-state index contributed by atoms with van der Waals surface area (Å²) in [5.74, 6) is 0.845. The summed E-state index contributed by atoms with van der Waals surface area (Å²) in [5.41, 5.74) is 7.01. The van der Waals surface area contributed by atoms with E-state index in [1.165, 1.54) is 22.4 Å². The van der Waals surface area contributed by atoms with Crippen LogP contribution < -0.4 is 10.1 Å². The van der Waals surface area contributed by atoms with Gasteiger partial charge in [0, 0.05) is 30.3 Å². The quantitative estimate of drug-likeness (QED) is 0.369. The molecule has 0 bridgehead atoms. The summed E-state index contributed by atoms with van der Waals surface area (Å²) < 4.78 is 7.60. The predicted molar refractivity (Wildman–Crippen MR) is 139 cm³/mol. The molecule has 0 spiro atoms. The number of hydrogen-bond donors (Lipinski definition) is 1. The van der Waals surface area contributed by atoms with E-state index >= 15 is 0 Å². The Morgan fingerprint density at radius 3 is 2.50 bits per heavy atom. The van der Waals surface area contributed by atoms with E-state index in [0.29, 0.717) is 6.54 Å². The van der Waals surface area contributed by atoms with Gasteiger partial charge in [-0.3, -0.25) is 4.98 Å². The number of aromatic nitrogens is 2. The van der Waals surface area contributed by atoms with Gasteiger partial charge in [0.2, 0.25) is 0 Å². The first-order valence-electron chi connectivity index (χ1n) is 11.4. The van der Waals surface area contributed by atoms with E-state index in [1.807, 2.05) is 30.5 Å². The molecule has 3 heterocycles. The molecule has 0 unspecified atom stereocenters. The summed E-state index contributed by atoms with van der Waals surface area (Å²) >= 11 is 5.87. The first-order chi connectivity index (χ1) is 16.5. The summed E-state index contributed by atoms with van der Waals surface area (Å²) in [6.45, 7) is 4.98. The second-order valence-electron chi connectivity index (χ2n) is 8.67. The largest absolute Gasteiger partial charge is 0.497 e. The highest BCUT2D eigenvalue weighted by molar-refractivity contribution is 7.80. The van der Waals surface area contributed by atoms with Crippen LogP contribution in [0.25, 0.3) is 5.69 Å². The Morgan fingerprint density at radius 2 is 1.79 bits per heavy atom. The van der Waals surface area contributed by atoms with Crippen LogP contribution in [0.1, 0.15) is 40.2 Å². The van der Waals surface area contributed by atoms with Crippen LogP contribution >= 0.6 is 12.2 Å². The zero-order valence-electron chi connectivity index (χ0n) is 19.6. The van der Waals surface area contributed by atoms with Gasteiger partial charge in [-0.05, 0) is 91.3 Å². The Hall–Kier alpha value is -3.64. The topological polar surface area (TPSA) is 42.3 Å². The molecule has 5 nitrogen and oxygen atoms in total. The van der Waals surface area contributed by atoms with Crippen LogP contribution in [0.2, 0.25) is 0 Å². The standard InChI is InChI=1S/C28H28N4OS/c1-19-9-12-22(17-20(19)2)31-16-6-8-25(31)27-26(24-7-4-5-15-29-24)30-28(34)32(27)18-21-10-13-23(33-3)14-11-21/h4-17,26-27H,18H2,1-3H3,(H,30,34)/t26-,27+/m0/s1. The van der Waals surface area contributed by atoms with Gasteiger partial charge in [0.15, 0.2) is 5.11 Å². The molecule has 0 amide bonds. The number of ether oxygens (including phenoxy) is 1. The van der Waals surface area contributed by atoms with Gasteiger partial charge < -0.3 is 19.5 Å². The molecule has 2 aromatic carbocycles. The molecule has 172 valence electrons. The van der Waals surface area contributed by atoms with E-state index < -0.39 is 0 Å².